The van der Waals surface area contributed by atoms with E-state index in [-0.39, 0.29) is 18.7 Å². The highest BCUT2D eigenvalue weighted by molar-refractivity contribution is 5.89. The first-order valence-electron chi connectivity index (χ1n) is 7.78. The van der Waals surface area contributed by atoms with Gasteiger partial charge in [-0.2, -0.15) is 13.2 Å². The topological polar surface area (TPSA) is 50.8 Å². The first kappa shape index (κ1) is 18.5. The summed E-state index contributed by atoms with van der Waals surface area (Å²) >= 11 is 0. The van der Waals surface area contributed by atoms with Crippen LogP contribution < -0.4 is 5.32 Å². The van der Waals surface area contributed by atoms with Gasteiger partial charge in [0.2, 0.25) is 0 Å². The second-order valence-electron chi connectivity index (χ2n) is 5.57. The molecule has 2 amide bonds. The van der Waals surface area contributed by atoms with Crippen molar-refractivity contribution in [1.29, 1.82) is 0 Å². The molecule has 1 aromatic rings. The number of rotatable bonds is 5. The van der Waals surface area contributed by atoms with Crippen LogP contribution in [0.25, 0.3) is 0 Å². The van der Waals surface area contributed by atoms with Crippen molar-refractivity contribution in [2.75, 3.05) is 31.7 Å². The summed E-state index contributed by atoms with van der Waals surface area (Å²) in [5, 5.41) is 2.78. The molecule has 1 atom stereocenters. The van der Waals surface area contributed by atoms with Gasteiger partial charge in [-0.3, -0.25) is 0 Å². The minimum atomic E-state index is -4.35. The molecule has 0 spiro atoms. The third kappa shape index (κ3) is 5.68. The maximum absolute atomic E-state index is 12.4. The van der Waals surface area contributed by atoms with Gasteiger partial charge < -0.3 is 19.7 Å². The number of morpholine rings is 1. The Morgan fingerprint density at radius 2 is 2.25 bits per heavy atom. The van der Waals surface area contributed by atoms with Crippen molar-refractivity contribution >= 4 is 11.7 Å². The molecule has 0 unspecified atom stereocenters. The Morgan fingerprint density at radius 3 is 2.96 bits per heavy atom. The van der Waals surface area contributed by atoms with Crippen LogP contribution in [0.15, 0.2) is 24.3 Å². The maximum atomic E-state index is 12.4. The van der Waals surface area contributed by atoms with E-state index in [1.54, 1.807) is 29.2 Å². The number of hydrogen-bond donors (Lipinski definition) is 1. The van der Waals surface area contributed by atoms with Gasteiger partial charge in [0.25, 0.3) is 0 Å². The number of nitrogens with one attached hydrogen (secondary N) is 1. The zero-order valence-corrected chi connectivity index (χ0v) is 13.4. The summed E-state index contributed by atoms with van der Waals surface area (Å²) < 4.78 is 46.3. The fourth-order valence-electron chi connectivity index (χ4n) is 2.48. The minimum Gasteiger partial charge on any atom is -0.377 e. The Labute approximate surface area is 138 Å². The SMILES string of the molecule is CC[C@@H]1COCCN1C(=O)Nc1cccc(COCC(F)(F)F)c1. The van der Waals surface area contributed by atoms with Gasteiger partial charge in [-0.25, -0.2) is 4.79 Å². The molecule has 2 rings (SSSR count). The van der Waals surface area contributed by atoms with Gasteiger partial charge in [-0.15, -0.1) is 0 Å². The van der Waals surface area contributed by atoms with E-state index in [0.717, 1.165) is 6.42 Å². The largest absolute Gasteiger partial charge is 0.411 e. The lowest BCUT2D eigenvalue weighted by atomic mass is 10.2. The molecule has 24 heavy (non-hydrogen) atoms. The Balaban J connectivity index is 1.92. The summed E-state index contributed by atoms with van der Waals surface area (Å²) in [5.41, 5.74) is 1.08. The molecule has 1 aliphatic rings. The lowest BCUT2D eigenvalue weighted by Gasteiger charge is -2.35. The van der Waals surface area contributed by atoms with Crippen LogP contribution in [0.4, 0.5) is 23.7 Å². The van der Waals surface area contributed by atoms with Crippen molar-refractivity contribution < 1.29 is 27.4 Å². The number of urea groups is 1. The lowest BCUT2D eigenvalue weighted by Crippen LogP contribution is -2.50. The molecule has 1 aliphatic heterocycles. The standard InChI is InChI=1S/C16H21F3N2O3/c1-2-14-10-23-7-6-21(14)15(22)20-13-5-3-4-12(8-13)9-24-11-16(17,18)19/h3-5,8,14H,2,6-7,9-11H2,1H3,(H,20,22)/t14-/m1/s1. The average Bonchev–Trinajstić information content (AvgIpc) is 2.54. The third-order valence-corrected chi connectivity index (χ3v) is 3.67. The van der Waals surface area contributed by atoms with Crippen LogP contribution in [0.3, 0.4) is 0 Å². The molecular weight excluding hydrogens is 325 g/mol. The van der Waals surface area contributed by atoms with E-state index in [0.29, 0.717) is 31.0 Å². The minimum absolute atomic E-state index is 0.0250. The van der Waals surface area contributed by atoms with Gasteiger partial charge in [0.05, 0.1) is 25.9 Å². The zero-order chi connectivity index (χ0) is 17.6. The van der Waals surface area contributed by atoms with Crippen LogP contribution in [0.5, 0.6) is 0 Å². The second-order valence-corrected chi connectivity index (χ2v) is 5.57. The van der Waals surface area contributed by atoms with E-state index in [1.807, 2.05) is 6.92 Å². The summed E-state index contributed by atoms with van der Waals surface area (Å²) in [4.78, 5) is 14.1. The molecule has 1 heterocycles. The molecule has 0 aliphatic carbocycles. The fourth-order valence-corrected chi connectivity index (χ4v) is 2.48. The first-order chi connectivity index (χ1) is 11.4. The van der Waals surface area contributed by atoms with E-state index in [1.165, 1.54) is 0 Å². The second kappa shape index (κ2) is 8.34. The molecule has 8 heteroatoms. The Hall–Kier alpha value is -1.80. The maximum Gasteiger partial charge on any atom is 0.411 e. The summed E-state index contributed by atoms with van der Waals surface area (Å²) in [7, 11) is 0. The van der Waals surface area contributed by atoms with Crippen molar-refractivity contribution in [1.82, 2.24) is 4.90 Å². The van der Waals surface area contributed by atoms with Crippen molar-refractivity contribution in [2.45, 2.75) is 32.2 Å². The van der Waals surface area contributed by atoms with Gasteiger partial charge in [0.1, 0.15) is 6.61 Å². The number of anilines is 1. The molecule has 1 N–H and O–H groups in total. The molecule has 5 nitrogen and oxygen atoms in total. The van der Waals surface area contributed by atoms with E-state index in [9.17, 15) is 18.0 Å². The fraction of sp³-hybridized carbons (Fsp3) is 0.562. The number of carbonyl (C=O) groups excluding carboxylic acids is 1. The molecule has 1 saturated heterocycles. The lowest BCUT2D eigenvalue weighted by molar-refractivity contribution is -0.176. The van der Waals surface area contributed by atoms with Crippen LogP contribution in [-0.4, -0.2) is 49.5 Å². The van der Waals surface area contributed by atoms with Crippen LogP contribution >= 0.6 is 0 Å². The highest BCUT2D eigenvalue weighted by atomic mass is 19.4. The average molecular weight is 346 g/mol. The molecule has 134 valence electrons. The molecule has 1 fully saturated rings. The first-order valence-corrected chi connectivity index (χ1v) is 7.78. The molecule has 0 saturated carbocycles. The normalized spacial score (nSPS) is 18.5. The van der Waals surface area contributed by atoms with E-state index < -0.39 is 12.8 Å². The third-order valence-electron chi connectivity index (χ3n) is 3.67. The van der Waals surface area contributed by atoms with Crippen molar-refractivity contribution in [3.05, 3.63) is 29.8 Å². The molecule has 0 radical (unpaired) electrons. The Kier molecular flexibility index (Phi) is 6.44. The number of hydrogen-bond acceptors (Lipinski definition) is 3. The predicted octanol–water partition coefficient (Wildman–Crippen LogP) is 3.41. The van der Waals surface area contributed by atoms with E-state index >= 15 is 0 Å². The highest BCUT2D eigenvalue weighted by Gasteiger charge is 2.27. The number of benzene rings is 1. The molecular formula is C16H21F3N2O3. The number of amides is 2. The van der Waals surface area contributed by atoms with Crippen LogP contribution in [-0.2, 0) is 16.1 Å². The van der Waals surface area contributed by atoms with Crippen LogP contribution in [0.1, 0.15) is 18.9 Å². The zero-order valence-electron chi connectivity index (χ0n) is 13.4. The van der Waals surface area contributed by atoms with Gasteiger partial charge in [-0.1, -0.05) is 19.1 Å². The summed E-state index contributed by atoms with van der Waals surface area (Å²) in [6.45, 7) is 2.04. The predicted molar refractivity (Wildman–Crippen MR) is 82.8 cm³/mol. The number of halogens is 3. The number of alkyl halides is 3. The van der Waals surface area contributed by atoms with Crippen LogP contribution in [0, 0.1) is 0 Å². The summed E-state index contributed by atoms with van der Waals surface area (Å²) in [6.07, 6.45) is -3.56. The highest BCUT2D eigenvalue weighted by Crippen LogP contribution is 2.18. The quantitative estimate of drug-likeness (QED) is 0.889. The molecule has 1 aromatic carbocycles. The molecule has 0 aromatic heterocycles. The van der Waals surface area contributed by atoms with Gasteiger partial charge in [0.15, 0.2) is 0 Å². The van der Waals surface area contributed by atoms with Gasteiger partial charge >= 0.3 is 12.2 Å². The number of nitrogens with zero attached hydrogens (tertiary/aromatic N) is 1. The number of carbonyl (C=O) groups is 1. The van der Waals surface area contributed by atoms with Gasteiger partial charge in [0, 0.05) is 12.2 Å². The van der Waals surface area contributed by atoms with Crippen molar-refractivity contribution in [2.24, 2.45) is 0 Å². The summed E-state index contributed by atoms with van der Waals surface area (Å²) in [5.74, 6) is 0. The van der Waals surface area contributed by atoms with Crippen LogP contribution in [0.2, 0.25) is 0 Å². The molecule has 0 bridgehead atoms. The Bertz CT molecular complexity index is 552. The van der Waals surface area contributed by atoms with Gasteiger partial charge in [-0.05, 0) is 24.1 Å². The monoisotopic (exact) mass is 346 g/mol. The van der Waals surface area contributed by atoms with E-state index in [2.05, 4.69) is 10.1 Å². The Morgan fingerprint density at radius 1 is 1.46 bits per heavy atom. The number of ether oxygens (including phenoxy) is 2. The van der Waals surface area contributed by atoms with Crippen molar-refractivity contribution in [3.63, 3.8) is 0 Å². The van der Waals surface area contributed by atoms with E-state index in [4.69, 9.17) is 4.74 Å². The summed E-state index contributed by atoms with van der Waals surface area (Å²) in [6, 6.07) is 6.40. The smallest absolute Gasteiger partial charge is 0.377 e. The van der Waals surface area contributed by atoms with Crippen molar-refractivity contribution in [3.8, 4) is 0 Å².